The fourth-order valence-electron chi connectivity index (χ4n) is 3.53. The van der Waals surface area contributed by atoms with Crippen LogP contribution < -0.4 is 5.32 Å². The lowest BCUT2D eigenvalue weighted by atomic mass is 9.98. The molecule has 0 fully saturated rings. The number of nitrogens with zero attached hydrogens (tertiary/aromatic N) is 1. The van der Waals surface area contributed by atoms with Gasteiger partial charge in [-0.15, -0.1) is 0 Å². The third kappa shape index (κ3) is 4.24. The van der Waals surface area contributed by atoms with Crippen LogP contribution in [0.2, 0.25) is 5.15 Å². The lowest BCUT2D eigenvalue weighted by molar-refractivity contribution is 0.143. The van der Waals surface area contributed by atoms with Crippen LogP contribution in [0.5, 0.6) is 5.75 Å². The summed E-state index contributed by atoms with van der Waals surface area (Å²) >= 11 is 5.74. The Hall–Kier alpha value is -3.49. The Morgan fingerprint density at radius 1 is 1.07 bits per heavy atom. The van der Waals surface area contributed by atoms with Crippen LogP contribution in [-0.4, -0.2) is 29.3 Å². The van der Waals surface area contributed by atoms with Crippen LogP contribution in [0.25, 0.3) is 11.1 Å². The summed E-state index contributed by atoms with van der Waals surface area (Å²) in [5.41, 5.74) is 5.20. The molecule has 0 saturated carbocycles. The number of hydrogen-bond acceptors (Lipinski definition) is 4. The van der Waals surface area contributed by atoms with Gasteiger partial charge in [0.15, 0.2) is 10.9 Å². The third-order valence-corrected chi connectivity index (χ3v) is 5.19. The number of hydrogen-bond donors (Lipinski definition) is 2. The zero-order valence-electron chi connectivity index (χ0n) is 16.1. The minimum atomic E-state index is -0.468. The highest BCUT2D eigenvalue weighted by atomic mass is 35.5. The topological polar surface area (TPSA) is 71.5 Å². The van der Waals surface area contributed by atoms with Crippen molar-refractivity contribution in [1.82, 2.24) is 10.3 Å². The van der Waals surface area contributed by atoms with Gasteiger partial charge in [-0.2, -0.15) is 0 Å². The summed E-state index contributed by atoms with van der Waals surface area (Å²) in [7, 11) is 0. The van der Waals surface area contributed by atoms with E-state index in [2.05, 4.69) is 46.4 Å². The molecule has 30 heavy (non-hydrogen) atoms. The Balaban J connectivity index is 1.29. The molecule has 0 aliphatic heterocycles. The van der Waals surface area contributed by atoms with E-state index in [1.165, 1.54) is 28.3 Å². The molecule has 3 aromatic rings. The smallest absolute Gasteiger partial charge is 0.407 e. The quantitative estimate of drug-likeness (QED) is 0.365. The molecule has 0 atom stereocenters. The van der Waals surface area contributed by atoms with Crippen molar-refractivity contribution in [3.8, 4) is 28.7 Å². The van der Waals surface area contributed by atoms with Gasteiger partial charge in [-0.1, -0.05) is 66.1 Å². The monoisotopic (exact) mass is 418 g/mol. The van der Waals surface area contributed by atoms with Crippen LogP contribution in [-0.2, 0) is 4.74 Å². The van der Waals surface area contributed by atoms with E-state index in [-0.39, 0.29) is 23.4 Å². The second kappa shape index (κ2) is 8.89. The number of benzene rings is 2. The summed E-state index contributed by atoms with van der Waals surface area (Å²) in [6.07, 6.45) is -0.0332. The van der Waals surface area contributed by atoms with Crippen LogP contribution in [0, 0.1) is 11.8 Å². The van der Waals surface area contributed by atoms with Gasteiger partial charge in [0.05, 0.1) is 0 Å². The van der Waals surface area contributed by atoms with Gasteiger partial charge >= 0.3 is 6.09 Å². The average molecular weight is 419 g/mol. The molecule has 2 aromatic carbocycles. The van der Waals surface area contributed by atoms with Crippen LogP contribution in [0.4, 0.5) is 4.79 Å². The maximum Gasteiger partial charge on any atom is 0.407 e. The molecule has 1 amide bonds. The van der Waals surface area contributed by atoms with Gasteiger partial charge in [0.1, 0.15) is 12.3 Å². The molecular formula is C24H19ClN2O3. The first kappa shape index (κ1) is 19.8. The van der Waals surface area contributed by atoms with Crippen LogP contribution in [0.1, 0.15) is 29.2 Å². The summed E-state index contributed by atoms with van der Waals surface area (Å²) in [4.78, 5) is 16.0. The van der Waals surface area contributed by atoms with Crippen molar-refractivity contribution >= 4 is 17.7 Å². The summed E-state index contributed by atoms with van der Waals surface area (Å²) in [6, 6.07) is 19.4. The molecule has 5 nitrogen and oxygen atoms in total. The SMILES string of the molecule is O=C(NCCC#Cc1ccc(O)c(Cl)n1)OCC1c2ccccc2-c2ccccc21. The highest BCUT2D eigenvalue weighted by Gasteiger charge is 2.28. The van der Waals surface area contributed by atoms with Crippen LogP contribution >= 0.6 is 11.6 Å². The molecular weight excluding hydrogens is 400 g/mol. The lowest BCUT2D eigenvalue weighted by Crippen LogP contribution is -2.26. The Morgan fingerprint density at radius 2 is 1.73 bits per heavy atom. The number of halogens is 1. The van der Waals surface area contributed by atoms with E-state index >= 15 is 0 Å². The van der Waals surface area contributed by atoms with Crippen molar-refractivity contribution in [2.45, 2.75) is 12.3 Å². The first-order valence-corrected chi connectivity index (χ1v) is 9.94. The van der Waals surface area contributed by atoms with Gasteiger partial charge in [0.25, 0.3) is 0 Å². The molecule has 4 rings (SSSR count). The summed E-state index contributed by atoms with van der Waals surface area (Å²) in [6.45, 7) is 0.636. The molecule has 150 valence electrons. The number of carbonyl (C=O) groups is 1. The van der Waals surface area contributed by atoms with Crippen LogP contribution in [0.15, 0.2) is 60.7 Å². The second-order valence-corrected chi connectivity index (χ2v) is 7.17. The Morgan fingerprint density at radius 3 is 2.40 bits per heavy atom. The number of pyridine rings is 1. The molecule has 0 bridgehead atoms. The number of ether oxygens (including phenoxy) is 1. The van der Waals surface area contributed by atoms with Crippen molar-refractivity contribution in [3.05, 3.63) is 82.6 Å². The standard InChI is InChI=1S/C24H19ClN2O3/c25-23-22(28)13-12-16(27-23)7-5-6-14-26-24(29)30-15-21-19-10-3-1-8-17(19)18-9-2-4-11-20(18)21/h1-4,8-13,21,28H,6,14-15H2,(H,26,29). The number of aromatic nitrogens is 1. The van der Waals surface area contributed by atoms with Gasteiger partial charge in [0.2, 0.25) is 0 Å². The normalized spacial score (nSPS) is 11.8. The molecule has 1 aromatic heterocycles. The second-order valence-electron chi connectivity index (χ2n) is 6.81. The van der Waals surface area contributed by atoms with E-state index in [1.54, 1.807) is 6.07 Å². The Labute approximate surface area is 179 Å². The summed E-state index contributed by atoms with van der Waals surface area (Å²) in [5, 5.41) is 12.1. The molecule has 0 unspecified atom stereocenters. The number of alkyl carbamates (subject to hydrolysis) is 1. The van der Waals surface area contributed by atoms with E-state index in [1.807, 2.05) is 24.3 Å². The number of amides is 1. The third-order valence-electron chi connectivity index (χ3n) is 4.91. The molecule has 6 heteroatoms. The summed E-state index contributed by atoms with van der Waals surface area (Å²) < 4.78 is 5.48. The zero-order chi connectivity index (χ0) is 20.9. The van der Waals surface area contributed by atoms with Crippen molar-refractivity contribution in [2.75, 3.05) is 13.2 Å². The number of nitrogens with one attached hydrogen (secondary N) is 1. The lowest BCUT2D eigenvalue weighted by Gasteiger charge is -2.14. The van der Waals surface area contributed by atoms with E-state index in [0.717, 1.165) is 0 Å². The van der Waals surface area contributed by atoms with Gasteiger partial charge < -0.3 is 15.2 Å². The fraction of sp³-hybridized carbons (Fsp3) is 0.167. The molecule has 0 spiro atoms. The van der Waals surface area contributed by atoms with Crippen LogP contribution in [0.3, 0.4) is 0 Å². The van der Waals surface area contributed by atoms with Crippen molar-refractivity contribution in [3.63, 3.8) is 0 Å². The first-order valence-electron chi connectivity index (χ1n) is 9.56. The Bertz CT molecular complexity index is 1100. The average Bonchev–Trinajstić information content (AvgIpc) is 3.08. The van der Waals surface area contributed by atoms with Gasteiger partial charge in [-0.3, -0.25) is 0 Å². The number of rotatable bonds is 4. The highest BCUT2D eigenvalue weighted by molar-refractivity contribution is 6.30. The minimum absolute atomic E-state index is 0.0126. The van der Waals surface area contributed by atoms with E-state index < -0.39 is 6.09 Å². The van der Waals surface area contributed by atoms with E-state index in [4.69, 9.17) is 16.3 Å². The Kier molecular flexibility index (Phi) is 5.87. The number of fused-ring (bicyclic) bond motifs is 3. The molecule has 2 N–H and O–H groups in total. The van der Waals surface area contributed by atoms with Crippen molar-refractivity contribution in [2.24, 2.45) is 0 Å². The van der Waals surface area contributed by atoms with Crippen molar-refractivity contribution < 1.29 is 14.6 Å². The zero-order valence-corrected chi connectivity index (χ0v) is 16.8. The largest absolute Gasteiger partial charge is 0.505 e. The highest BCUT2D eigenvalue weighted by Crippen LogP contribution is 2.44. The van der Waals surface area contributed by atoms with Crippen molar-refractivity contribution in [1.29, 1.82) is 0 Å². The van der Waals surface area contributed by atoms with Gasteiger partial charge in [0, 0.05) is 18.9 Å². The van der Waals surface area contributed by atoms with E-state index in [9.17, 15) is 9.90 Å². The van der Waals surface area contributed by atoms with Gasteiger partial charge in [-0.25, -0.2) is 9.78 Å². The number of carbonyl (C=O) groups excluding carboxylic acids is 1. The molecule has 1 aliphatic rings. The molecule has 1 aliphatic carbocycles. The van der Waals surface area contributed by atoms with E-state index in [0.29, 0.717) is 18.7 Å². The first-order chi connectivity index (χ1) is 14.6. The predicted octanol–water partition coefficient (Wildman–Crippen LogP) is 4.72. The molecule has 0 saturated heterocycles. The molecule has 1 heterocycles. The summed E-state index contributed by atoms with van der Waals surface area (Å²) in [5.74, 6) is 5.69. The fourth-order valence-corrected chi connectivity index (χ4v) is 3.68. The maximum atomic E-state index is 12.1. The minimum Gasteiger partial charge on any atom is -0.505 e. The van der Waals surface area contributed by atoms with Gasteiger partial charge in [-0.05, 0) is 40.3 Å². The predicted molar refractivity (Wildman–Crippen MR) is 115 cm³/mol. The number of aromatic hydroxyl groups is 1. The maximum absolute atomic E-state index is 12.1. The molecule has 0 radical (unpaired) electrons.